The molecule has 5 heteroatoms. The van der Waals surface area contributed by atoms with Crippen LogP contribution in [0.5, 0.6) is 0 Å². The lowest BCUT2D eigenvalue weighted by atomic mass is 10.2. The molecule has 0 radical (unpaired) electrons. The predicted molar refractivity (Wildman–Crippen MR) is 74.0 cm³/mol. The van der Waals surface area contributed by atoms with Gasteiger partial charge in [0.2, 0.25) is 0 Å². The number of benzene rings is 1. The molecule has 0 bridgehead atoms. The second-order valence-electron chi connectivity index (χ2n) is 4.11. The minimum atomic E-state index is -0.235. The molecule has 0 saturated carbocycles. The lowest BCUT2D eigenvalue weighted by Gasteiger charge is -2.07. The summed E-state index contributed by atoms with van der Waals surface area (Å²) in [6, 6.07) is 4.71. The number of nitrogens with zero attached hydrogens (tertiary/aromatic N) is 2. The van der Waals surface area contributed by atoms with Gasteiger partial charge >= 0.3 is 0 Å². The number of hydrogen-bond donors (Lipinski definition) is 1. The van der Waals surface area contributed by atoms with Gasteiger partial charge < -0.3 is 5.32 Å². The van der Waals surface area contributed by atoms with Crippen molar-refractivity contribution in [3.63, 3.8) is 0 Å². The Hall–Kier alpha value is -1.36. The van der Waals surface area contributed by atoms with Crippen LogP contribution in [0.3, 0.4) is 0 Å². The Balaban J connectivity index is 2.11. The molecular weight excluding hydrogens is 297 g/mol. The van der Waals surface area contributed by atoms with E-state index in [1.165, 1.54) is 12.1 Å². The summed E-state index contributed by atoms with van der Waals surface area (Å²) in [4.78, 5) is 0. The summed E-state index contributed by atoms with van der Waals surface area (Å²) in [5.74, 6) is -0.235. The van der Waals surface area contributed by atoms with Gasteiger partial charge in [-0.25, -0.2) is 4.39 Å². The molecule has 0 aliphatic rings. The quantitative estimate of drug-likeness (QED) is 0.936. The predicted octanol–water partition coefficient (Wildman–Crippen LogP) is 3.50. The lowest BCUT2D eigenvalue weighted by molar-refractivity contribution is 0.626. The molecule has 1 aromatic carbocycles. The molecule has 2 rings (SSSR count). The Morgan fingerprint density at radius 3 is 2.89 bits per heavy atom. The summed E-state index contributed by atoms with van der Waals surface area (Å²) in [7, 11) is 1.90. The first-order valence-electron chi connectivity index (χ1n) is 5.80. The maximum Gasteiger partial charge on any atom is 0.124 e. The summed E-state index contributed by atoms with van der Waals surface area (Å²) >= 11 is 3.36. The summed E-state index contributed by atoms with van der Waals surface area (Å²) in [6.45, 7) is 2.71. The van der Waals surface area contributed by atoms with Gasteiger partial charge in [0.25, 0.3) is 0 Å². The Kier molecular flexibility index (Phi) is 4.01. The molecule has 0 unspecified atom stereocenters. The van der Waals surface area contributed by atoms with Crippen LogP contribution in [0.2, 0.25) is 0 Å². The molecule has 0 aliphatic carbocycles. The molecule has 18 heavy (non-hydrogen) atoms. The second kappa shape index (κ2) is 5.52. The third-order valence-electron chi connectivity index (χ3n) is 2.72. The Morgan fingerprint density at radius 2 is 2.22 bits per heavy atom. The first kappa shape index (κ1) is 13.1. The molecule has 1 aromatic heterocycles. The van der Waals surface area contributed by atoms with Crippen molar-refractivity contribution in [2.24, 2.45) is 7.05 Å². The van der Waals surface area contributed by atoms with Crippen LogP contribution in [0.1, 0.15) is 18.2 Å². The number of hydrogen-bond acceptors (Lipinski definition) is 2. The highest BCUT2D eigenvalue weighted by Crippen LogP contribution is 2.20. The minimum absolute atomic E-state index is 0.235. The number of nitrogens with one attached hydrogen (secondary N) is 1. The number of aromatic nitrogens is 2. The molecule has 0 saturated heterocycles. The minimum Gasteiger partial charge on any atom is -0.378 e. The average molecular weight is 312 g/mol. The smallest absolute Gasteiger partial charge is 0.124 e. The van der Waals surface area contributed by atoms with E-state index in [0.717, 1.165) is 27.8 Å². The molecule has 1 heterocycles. The third kappa shape index (κ3) is 2.90. The van der Waals surface area contributed by atoms with E-state index in [4.69, 9.17) is 0 Å². The Bertz CT molecular complexity index is 551. The van der Waals surface area contributed by atoms with Gasteiger partial charge in [-0.1, -0.05) is 28.9 Å². The zero-order valence-electron chi connectivity index (χ0n) is 10.4. The van der Waals surface area contributed by atoms with Crippen LogP contribution in [0, 0.1) is 5.82 Å². The molecule has 3 nitrogen and oxygen atoms in total. The topological polar surface area (TPSA) is 29.9 Å². The van der Waals surface area contributed by atoms with Crippen molar-refractivity contribution in [1.29, 1.82) is 0 Å². The Labute approximate surface area is 114 Å². The van der Waals surface area contributed by atoms with Crippen molar-refractivity contribution in [2.45, 2.75) is 19.9 Å². The standard InChI is InChI=1S/C13H15BrFN3/c1-3-12-13(8-18(2)17-12)16-7-9-4-5-10(15)6-11(9)14/h4-6,8,16H,3,7H2,1-2H3. The molecule has 0 fully saturated rings. The Morgan fingerprint density at radius 1 is 1.44 bits per heavy atom. The van der Waals surface area contributed by atoms with Crippen molar-refractivity contribution in [3.05, 3.63) is 45.9 Å². The van der Waals surface area contributed by atoms with Gasteiger partial charge in [-0.2, -0.15) is 5.10 Å². The lowest BCUT2D eigenvalue weighted by Crippen LogP contribution is -2.01. The number of halogens is 2. The van der Waals surface area contributed by atoms with Gasteiger partial charge in [-0.3, -0.25) is 4.68 Å². The maximum atomic E-state index is 13.0. The van der Waals surface area contributed by atoms with Crippen molar-refractivity contribution in [3.8, 4) is 0 Å². The van der Waals surface area contributed by atoms with Crippen LogP contribution in [-0.4, -0.2) is 9.78 Å². The van der Waals surface area contributed by atoms with E-state index in [-0.39, 0.29) is 5.82 Å². The third-order valence-corrected chi connectivity index (χ3v) is 3.46. The van der Waals surface area contributed by atoms with Crippen molar-refractivity contribution in [1.82, 2.24) is 9.78 Å². The van der Waals surface area contributed by atoms with Gasteiger partial charge in [0, 0.05) is 24.3 Å². The number of aryl methyl sites for hydroxylation is 2. The molecule has 0 atom stereocenters. The van der Waals surface area contributed by atoms with E-state index >= 15 is 0 Å². The highest BCUT2D eigenvalue weighted by Gasteiger charge is 2.06. The highest BCUT2D eigenvalue weighted by molar-refractivity contribution is 9.10. The van der Waals surface area contributed by atoms with Gasteiger partial charge in [0.1, 0.15) is 5.82 Å². The molecular formula is C13H15BrFN3. The van der Waals surface area contributed by atoms with Crippen LogP contribution in [-0.2, 0) is 20.0 Å². The molecule has 2 aromatic rings. The van der Waals surface area contributed by atoms with Crippen LogP contribution in [0.4, 0.5) is 10.1 Å². The van der Waals surface area contributed by atoms with E-state index in [1.54, 1.807) is 10.7 Å². The molecule has 0 aliphatic heterocycles. The van der Waals surface area contributed by atoms with Crippen molar-refractivity contribution in [2.75, 3.05) is 5.32 Å². The first-order valence-corrected chi connectivity index (χ1v) is 6.59. The van der Waals surface area contributed by atoms with Gasteiger partial charge in [0.15, 0.2) is 0 Å². The van der Waals surface area contributed by atoms with E-state index < -0.39 is 0 Å². The van der Waals surface area contributed by atoms with Crippen molar-refractivity contribution >= 4 is 21.6 Å². The molecule has 0 spiro atoms. The molecule has 0 amide bonds. The number of anilines is 1. The van der Waals surface area contributed by atoms with E-state index in [0.29, 0.717) is 6.54 Å². The fourth-order valence-electron chi connectivity index (χ4n) is 1.80. The zero-order valence-corrected chi connectivity index (χ0v) is 12.0. The van der Waals surface area contributed by atoms with Crippen LogP contribution >= 0.6 is 15.9 Å². The second-order valence-corrected chi connectivity index (χ2v) is 4.96. The molecule has 1 N–H and O–H groups in total. The van der Waals surface area contributed by atoms with E-state index in [9.17, 15) is 4.39 Å². The number of rotatable bonds is 4. The van der Waals surface area contributed by atoms with Crippen LogP contribution in [0.15, 0.2) is 28.9 Å². The summed E-state index contributed by atoms with van der Waals surface area (Å²) < 4.78 is 15.5. The average Bonchev–Trinajstić information content (AvgIpc) is 2.68. The van der Waals surface area contributed by atoms with Gasteiger partial charge in [0.05, 0.1) is 11.4 Å². The van der Waals surface area contributed by atoms with Crippen LogP contribution < -0.4 is 5.32 Å². The van der Waals surface area contributed by atoms with E-state index in [2.05, 4.69) is 33.3 Å². The highest BCUT2D eigenvalue weighted by atomic mass is 79.9. The summed E-state index contributed by atoms with van der Waals surface area (Å²) in [5.41, 5.74) is 3.08. The van der Waals surface area contributed by atoms with Crippen LogP contribution in [0.25, 0.3) is 0 Å². The normalized spacial score (nSPS) is 10.7. The van der Waals surface area contributed by atoms with Gasteiger partial charge in [-0.15, -0.1) is 0 Å². The van der Waals surface area contributed by atoms with Crippen molar-refractivity contribution < 1.29 is 4.39 Å². The summed E-state index contributed by atoms with van der Waals surface area (Å²) in [6.07, 6.45) is 2.84. The monoisotopic (exact) mass is 311 g/mol. The van der Waals surface area contributed by atoms with Gasteiger partial charge in [-0.05, 0) is 24.1 Å². The SMILES string of the molecule is CCc1nn(C)cc1NCc1ccc(F)cc1Br. The van der Waals surface area contributed by atoms with E-state index in [1.807, 2.05) is 13.2 Å². The maximum absolute atomic E-state index is 13.0. The fraction of sp³-hybridized carbons (Fsp3) is 0.308. The zero-order chi connectivity index (χ0) is 13.1. The first-order chi connectivity index (χ1) is 8.60. The largest absolute Gasteiger partial charge is 0.378 e. The summed E-state index contributed by atoms with van der Waals surface area (Å²) in [5, 5.41) is 7.69. The fourth-order valence-corrected chi connectivity index (χ4v) is 2.29. The molecule has 96 valence electrons.